The quantitative estimate of drug-likeness (QED) is 0.672. The van der Waals surface area contributed by atoms with Crippen LogP contribution in [-0.2, 0) is 4.74 Å². The summed E-state index contributed by atoms with van der Waals surface area (Å²) in [7, 11) is 0. The molecule has 1 aromatic rings. The first-order chi connectivity index (χ1) is 6.88. The maximum atomic E-state index is 5.28. The second-order valence-electron chi connectivity index (χ2n) is 3.20. The molecule has 79 valence electrons. The minimum atomic E-state index is 0.246. The van der Waals surface area contributed by atoms with Crippen LogP contribution in [0.2, 0.25) is 0 Å². The molecule has 1 atom stereocenters. The van der Waals surface area contributed by atoms with Crippen molar-refractivity contribution in [3.8, 4) is 0 Å². The van der Waals surface area contributed by atoms with E-state index in [1.165, 1.54) is 12.8 Å². The van der Waals surface area contributed by atoms with E-state index in [0.717, 1.165) is 18.7 Å². The van der Waals surface area contributed by atoms with E-state index in [2.05, 4.69) is 24.0 Å². The molecule has 0 N–H and O–H groups in total. The van der Waals surface area contributed by atoms with Gasteiger partial charge in [0, 0.05) is 12.5 Å². The summed E-state index contributed by atoms with van der Waals surface area (Å²) in [4.78, 5) is 4.04. The molecule has 1 unspecified atom stereocenters. The minimum Gasteiger partial charge on any atom is -0.381 e. The summed E-state index contributed by atoms with van der Waals surface area (Å²) in [5, 5.41) is 3.84. The molecular formula is C10H17N2O2. The lowest BCUT2D eigenvalue weighted by Crippen LogP contribution is -2.09. The Hall–Kier alpha value is -0.900. The first-order valence-electron chi connectivity index (χ1n) is 5.01. The molecule has 0 spiro atoms. The predicted octanol–water partition coefficient (Wildman–Crippen LogP) is 2.19. The van der Waals surface area contributed by atoms with Gasteiger partial charge in [0.25, 0.3) is 0 Å². The van der Waals surface area contributed by atoms with Crippen molar-refractivity contribution in [2.45, 2.75) is 32.1 Å². The van der Waals surface area contributed by atoms with Crippen molar-refractivity contribution in [3.05, 3.63) is 19.1 Å². The molecule has 0 fully saturated rings. The number of rotatable bonds is 7. The second-order valence-corrected chi connectivity index (χ2v) is 3.20. The molecule has 1 heterocycles. The zero-order chi connectivity index (χ0) is 10.2. The van der Waals surface area contributed by atoms with E-state index in [9.17, 15) is 0 Å². The van der Waals surface area contributed by atoms with Crippen LogP contribution in [0.3, 0.4) is 0 Å². The van der Waals surface area contributed by atoms with Crippen LogP contribution < -0.4 is 0 Å². The molecule has 0 saturated carbocycles. The fraction of sp³-hybridized carbons (Fsp3) is 0.700. The molecule has 0 bridgehead atoms. The summed E-state index contributed by atoms with van der Waals surface area (Å²) in [6.07, 6.45) is 4.72. The van der Waals surface area contributed by atoms with E-state index in [1.807, 2.05) is 0 Å². The topological polar surface area (TPSA) is 48.2 Å². The summed E-state index contributed by atoms with van der Waals surface area (Å²) < 4.78 is 10.0. The van der Waals surface area contributed by atoms with Crippen molar-refractivity contribution in [2.75, 3.05) is 13.2 Å². The normalized spacial score (nSPS) is 13.0. The Bertz CT molecular complexity index is 216. The predicted molar refractivity (Wildman–Crippen MR) is 52.7 cm³/mol. The van der Waals surface area contributed by atoms with Gasteiger partial charge in [-0.1, -0.05) is 24.9 Å². The molecule has 1 radical (unpaired) electrons. The average molecular weight is 197 g/mol. The Labute approximate surface area is 84.6 Å². The van der Waals surface area contributed by atoms with E-state index in [1.54, 1.807) is 0 Å². The standard InChI is InChI=1S/C10H17N2O2/c1-3-5-6-9(7-13-4-2)10-11-8-14-12-10/h8-9H,2-7H2,1H3. The van der Waals surface area contributed by atoms with Gasteiger partial charge in [-0.05, 0) is 13.3 Å². The lowest BCUT2D eigenvalue weighted by Gasteiger charge is -2.11. The first kappa shape index (κ1) is 11.2. The van der Waals surface area contributed by atoms with Gasteiger partial charge in [0.1, 0.15) is 0 Å². The first-order valence-corrected chi connectivity index (χ1v) is 5.01. The summed E-state index contributed by atoms with van der Waals surface area (Å²) in [6.45, 7) is 6.91. The Kier molecular flexibility index (Phi) is 5.22. The van der Waals surface area contributed by atoms with Crippen molar-refractivity contribution in [3.63, 3.8) is 0 Å². The van der Waals surface area contributed by atoms with E-state index < -0.39 is 0 Å². The van der Waals surface area contributed by atoms with Crippen LogP contribution in [0.25, 0.3) is 0 Å². The van der Waals surface area contributed by atoms with Crippen LogP contribution in [0.15, 0.2) is 10.9 Å². The molecular weight excluding hydrogens is 180 g/mol. The van der Waals surface area contributed by atoms with Crippen LogP contribution in [0.1, 0.15) is 37.9 Å². The minimum absolute atomic E-state index is 0.246. The van der Waals surface area contributed by atoms with Gasteiger partial charge in [0.15, 0.2) is 5.82 Å². The van der Waals surface area contributed by atoms with Crippen molar-refractivity contribution < 1.29 is 9.26 Å². The molecule has 0 aliphatic rings. The van der Waals surface area contributed by atoms with Crippen molar-refractivity contribution >= 4 is 0 Å². The maximum Gasteiger partial charge on any atom is 0.213 e. The average Bonchev–Trinajstić information content (AvgIpc) is 2.71. The molecule has 14 heavy (non-hydrogen) atoms. The lowest BCUT2D eigenvalue weighted by atomic mass is 10.0. The SMILES string of the molecule is [CH2]COCC(CCCC)c1ncon1. The molecule has 4 heteroatoms. The number of hydrogen-bond donors (Lipinski definition) is 0. The Morgan fingerprint density at radius 2 is 2.50 bits per heavy atom. The number of ether oxygens (including phenoxy) is 1. The molecule has 0 aromatic carbocycles. The van der Waals surface area contributed by atoms with Gasteiger partial charge < -0.3 is 9.26 Å². The van der Waals surface area contributed by atoms with Gasteiger partial charge >= 0.3 is 0 Å². The highest BCUT2D eigenvalue weighted by Gasteiger charge is 2.15. The van der Waals surface area contributed by atoms with Crippen LogP contribution in [-0.4, -0.2) is 23.4 Å². The molecule has 1 aromatic heterocycles. The van der Waals surface area contributed by atoms with Gasteiger partial charge in [0.2, 0.25) is 6.39 Å². The summed E-state index contributed by atoms with van der Waals surface area (Å²) in [6, 6.07) is 0. The number of hydrogen-bond acceptors (Lipinski definition) is 4. The molecule has 4 nitrogen and oxygen atoms in total. The van der Waals surface area contributed by atoms with Crippen molar-refractivity contribution in [1.82, 2.24) is 10.1 Å². The number of nitrogens with zero attached hydrogens (tertiary/aromatic N) is 2. The molecule has 1 rings (SSSR count). The number of aromatic nitrogens is 2. The van der Waals surface area contributed by atoms with Crippen molar-refractivity contribution in [1.29, 1.82) is 0 Å². The third-order valence-electron chi connectivity index (χ3n) is 2.11. The van der Waals surface area contributed by atoms with Gasteiger partial charge in [-0.25, -0.2) is 0 Å². The summed E-state index contributed by atoms with van der Waals surface area (Å²) in [5.41, 5.74) is 0. The lowest BCUT2D eigenvalue weighted by molar-refractivity contribution is 0.138. The van der Waals surface area contributed by atoms with Crippen LogP contribution >= 0.6 is 0 Å². The zero-order valence-electron chi connectivity index (χ0n) is 8.61. The third-order valence-corrected chi connectivity index (χ3v) is 2.11. The van der Waals surface area contributed by atoms with Crippen molar-refractivity contribution in [2.24, 2.45) is 0 Å². The highest BCUT2D eigenvalue weighted by atomic mass is 16.5. The third kappa shape index (κ3) is 3.46. The van der Waals surface area contributed by atoms with Crippen LogP contribution in [0, 0.1) is 6.92 Å². The Morgan fingerprint density at radius 3 is 3.07 bits per heavy atom. The fourth-order valence-corrected chi connectivity index (χ4v) is 1.32. The molecule has 0 aliphatic heterocycles. The largest absolute Gasteiger partial charge is 0.381 e. The van der Waals surface area contributed by atoms with E-state index in [-0.39, 0.29) is 5.92 Å². The van der Waals surface area contributed by atoms with Crippen LogP contribution in [0.4, 0.5) is 0 Å². The zero-order valence-corrected chi connectivity index (χ0v) is 8.61. The smallest absolute Gasteiger partial charge is 0.213 e. The fourth-order valence-electron chi connectivity index (χ4n) is 1.32. The second kappa shape index (κ2) is 6.54. The molecule has 0 amide bonds. The highest BCUT2D eigenvalue weighted by Crippen LogP contribution is 2.18. The molecule has 0 aliphatic carbocycles. The summed E-state index contributed by atoms with van der Waals surface area (Å²) in [5.74, 6) is 0.988. The summed E-state index contributed by atoms with van der Waals surface area (Å²) >= 11 is 0. The Balaban J connectivity index is 2.44. The van der Waals surface area contributed by atoms with Gasteiger partial charge in [-0.3, -0.25) is 0 Å². The van der Waals surface area contributed by atoms with Gasteiger partial charge in [0.05, 0.1) is 6.61 Å². The van der Waals surface area contributed by atoms with Crippen LogP contribution in [0.5, 0.6) is 0 Å². The van der Waals surface area contributed by atoms with Gasteiger partial charge in [-0.15, -0.1) is 0 Å². The maximum absolute atomic E-state index is 5.28. The number of unbranched alkanes of at least 4 members (excludes halogenated alkanes) is 1. The highest BCUT2D eigenvalue weighted by molar-refractivity contribution is 4.91. The molecule has 0 saturated heterocycles. The van der Waals surface area contributed by atoms with E-state index >= 15 is 0 Å². The Morgan fingerprint density at radius 1 is 1.64 bits per heavy atom. The monoisotopic (exact) mass is 197 g/mol. The van der Waals surface area contributed by atoms with E-state index in [0.29, 0.717) is 13.2 Å². The van der Waals surface area contributed by atoms with E-state index in [4.69, 9.17) is 9.26 Å². The van der Waals surface area contributed by atoms with Gasteiger partial charge in [-0.2, -0.15) is 4.98 Å².